The van der Waals surface area contributed by atoms with Gasteiger partial charge in [0.15, 0.2) is 0 Å². The summed E-state index contributed by atoms with van der Waals surface area (Å²) in [6.07, 6.45) is 5.77. The van der Waals surface area contributed by atoms with Crippen molar-refractivity contribution >= 4 is 5.91 Å². The van der Waals surface area contributed by atoms with Crippen LogP contribution in [0.4, 0.5) is 0 Å². The minimum atomic E-state index is -0.198. The van der Waals surface area contributed by atoms with Crippen LogP contribution in [0.1, 0.15) is 24.0 Å². The molecule has 2 aromatic rings. The summed E-state index contributed by atoms with van der Waals surface area (Å²) in [6, 6.07) is 10.3. The molecule has 29 heavy (non-hydrogen) atoms. The van der Waals surface area contributed by atoms with Crippen LogP contribution in [0.3, 0.4) is 0 Å². The first-order valence-electron chi connectivity index (χ1n) is 10.6. The quantitative estimate of drug-likeness (QED) is 0.785. The zero-order chi connectivity index (χ0) is 19.8. The van der Waals surface area contributed by atoms with Crippen LogP contribution >= 0.6 is 0 Å². The molecule has 4 heterocycles. The van der Waals surface area contributed by atoms with Crippen LogP contribution in [0.5, 0.6) is 0 Å². The molecule has 1 atom stereocenters. The second kappa shape index (κ2) is 7.55. The van der Waals surface area contributed by atoms with E-state index in [-0.39, 0.29) is 17.6 Å². The second-order valence-corrected chi connectivity index (χ2v) is 8.47. The Hall–Kier alpha value is -2.22. The van der Waals surface area contributed by atoms with Gasteiger partial charge in [-0.05, 0) is 5.56 Å². The van der Waals surface area contributed by atoms with Gasteiger partial charge in [-0.1, -0.05) is 30.3 Å². The summed E-state index contributed by atoms with van der Waals surface area (Å²) in [6.45, 7) is 5.64. The Morgan fingerprint density at radius 3 is 2.62 bits per heavy atom. The molecule has 3 fully saturated rings. The normalized spacial score (nSPS) is 24.9. The van der Waals surface area contributed by atoms with E-state index in [0.717, 1.165) is 52.2 Å². The van der Waals surface area contributed by atoms with Crippen LogP contribution < -0.4 is 0 Å². The van der Waals surface area contributed by atoms with E-state index in [0.29, 0.717) is 6.54 Å². The van der Waals surface area contributed by atoms with Crippen molar-refractivity contribution < 1.29 is 9.53 Å². The van der Waals surface area contributed by atoms with Crippen LogP contribution in [0.25, 0.3) is 0 Å². The molecule has 7 nitrogen and oxygen atoms in total. The molecule has 3 aliphatic rings. The van der Waals surface area contributed by atoms with E-state index in [1.165, 1.54) is 11.1 Å². The average molecular weight is 396 g/mol. The number of fused-ring (bicyclic) bond motifs is 2. The van der Waals surface area contributed by atoms with E-state index in [9.17, 15) is 4.79 Å². The summed E-state index contributed by atoms with van der Waals surface area (Å²) < 4.78 is 7.53. The first kappa shape index (κ1) is 18.8. The molecule has 1 spiro atoms. The molecule has 3 aliphatic heterocycles. The number of amides is 1. The number of rotatable bonds is 4. The summed E-state index contributed by atoms with van der Waals surface area (Å²) in [5.41, 5.74) is 2.20. The summed E-state index contributed by atoms with van der Waals surface area (Å²) in [5.74, 6) is 0.270. The molecule has 3 saturated heterocycles. The van der Waals surface area contributed by atoms with Crippen LogP contribution in [-0.4, -0.2) is 74.9 Å². The van der Waals surface area contributed by atoms with Gasteiger partial charge in [-0.25, -0.2) is 0 Å². The number of benzene rings is 1. The van der Waals surface area contributed by atoms with Crippen LogP contribution in [0.2, 0.25) is 0 Å². The van der Waals surface area contributed by atoms with E-state index < -0.39 is 0 Å². The summed E-state index contributed by atoms with van der Waals surface area (Å²) >= 11 is 0. The van der Waals surface area contributed by atoms with Gasteiger partial charge in [-0.3, -0.25) is 19.3 Å². The van der Waals surface area contributed by atoms with Crippen molar-refractivity contribution in [3.05, 3.63) is 53.9 Å². The lowest BCUT2D eigenvalue weighted by atomic mass is 9.96. The molecule has 0 unspecified atom stereocenters. The zero-order valence-corrected chi connectivity index (χ0v) is 17.0. The number of carbonyl (C=O) groups excluding carboxylic acids is 1. The lowest BCUT2D eigenvalue weighted by Gasteiger charge is -2.49. The molecule has 5 rings (SSSR count). The summed E-state index contributed by atoms with van der Waals surface area (Å²) in [7, 11) is 1.94. The molecule has 0 aliphatic carbocycles. The van der Waals surface area contributed by atoms with Gasteiger partial charge in [0.1, 0.15) is 11.7 Å². The van der Waals surface area contributed by atoms with Crippen molar-refractivity contribution in [2.45, 2.75) is 37.6 Å². The molecule has 1 aromatic heterocycles. The Bertz CT molecular complexity index is 861. The fourth-order valence-corrected chi connectivity index (χ4v) is 5.29. The Morgan fingerprint density at radius 2 is 1.90 bits per heavy atom. The maximum atomic E-state index is 13.6. The highest BCUT2D eigenvalue weighted by Gasteiger charge is 2.57. The topological polar surface area (TPSA) is 53.8 Å². The van der Waals surface area contributed by atoms with Gasteiger partial charge in [0, 0.05) is 64.4 Å². The molecule has 7 heteroatoms. The SMILES string of the molecule is Cn1cc(CN2CCN3[C@H](C2)C(=O)N(Cc2ccccc2)C32CCOCC2)cn1. The maximum absolute atomic E-state index is 13.6. The number of aryl methyl sites for hydroxylation is 1. The highest BCUT2D eigenvalue weighted by molar-refractivity contribution is 5.85. The molecule has 0 saturated carbocycles. The predicted octanol–water partition coefficient (Wildman–Crippen LogP) is 1.46. The maximum Gasteiger partial charge on any atom is 0.243 e. The van der Waals surface area contributed by atoms with Gasteiger partial charge in [0.25, 0.3) is 0 Å². The Labute approximate surface area is 171 Å². The second-order valence-electron chi connectivity index (χ2n) is 8.47. The third kappa shape index (κ3) is 3.37. The van der Waals surface area contributed by atoms with E-state index in [4.69, 9.17) is 4.74 Å². The van der Waals surface area contributed by atoms with Crippen molar-refractivity contribution in [3.8, 4) is 0 Å². The highest BCUT2D eigenvalue weighted by atomic mass is 16.5. The Kier molecular flexibility index (Phi) is 4.89. The average Bonchev–Trinajstić information content (AvgIpc) is 3.25. The lowest BCUT2D eigenvalue weighted by Crippen LogP contribution is -2.61. The predicted molar refractivity (Wildman–Crippen MR) is 109 cm³/mol. The summed E-state index contributed by atoms with van der Waals surface area (Å²) in [4.78, 5) is 20.7. The monoisotopic (exact) mass is 395 g/mol. The van der Waals surface area contributed by atoms with E-state index in [2.05, 4.69) is 50.3 Å². The molecule has 1 amide bonds. The standard InChI is InChI=1S/C22H29N5O2/c1-24-14-19(13-23-24)15-25-9-10-26-20(17-25)21(28)27(16-18-5-3-2-4-6-18)22(26)7-11-29-12-8-22/h2-6,13-14,20H,7-12,15-17H2,1H3/t20-/m1/s1. The van der Waals surface area contributed by atoms with Crippen LogP contribution in [0.15, 0.2) is 42.7 Å². The van der Waals surface area contributed by atoms with Crippen molar-refractivity contribution in [3.63, 3.8) is 0 Å². The minimum absolute atomic E-state index is 0.0674. The first-order chi connectivity index (χ1) is 14.2. The number of ether oxygens (including phenoxy) is 1. The van der Waals surface area contributed by atoms with Crippen molar-refractivity contribution in [1.29, 1.82) is 0 Å². The van der Waals surface area contributed by atoms with Gasteiger partial charge < -0.3 is 9.64 Å². The molecule has 1 aromatic carbocycles. The number of aromatic nitrogens is 2. The smallest absolute Gasteiger partial charge is 0.243 e. The minimum Gasteiger partial charge on any atom is -0.381 e. The zero-order valence-electron chi connectivity index (χ0n) is 17.0. The third-order valence-electron chi connectivity index (χ3n) is 6.69. The van der Waals surface area contributed by atoms with Gasteiger partial charge >= 0.3 is 0 Å². The van der Waals surface area contributed by atoms with Gasteiger partial charge in [-0.15, -0.1) is 0 Å². The summed E-state index contributed by atoms with van der Waals surface area (Å²) in [5, 5.41) is 4.28. The van der Waals surface area contributed by atoms with Crippen LogP contribution in [-0.2, 0) is 29.7 Å². The van der Waals surface area contributed by atoms with Crippen molar-refractivity contribution in [2.75, 3.05) is 32.8 Å². The van der Waals surface area contributed by atoms with Crippen LogP contribution in [0, 0.1) is 0 Å². The molecular weight excluding hydrogens is 366 g/mol. The molecule has 0 N–H and O–H groups in total. The van der Waals surface area contributed by atoms with E-state index >= 15 is 0 Å². The molecule has 0 bridgehead atoms. The Morgan fingerprint density at radius 1 is 1.10 bits per heavy atom. The number of nitrogens with zero attached hydrogens (tertiary/aromatic N) is 5. The Balaban J connectivity index is 1.39. The number of hydrogen-bond donors (Lipinski definition) is 0. The lowest BCUT2D eigenvalue weighted by molar-refractivity contribution is -0.137. The highest BCUT2D eigenvalue weighted by Crippen LogP contribution is 2.42. The number of piperazine rings is 1. The fraction of sp³-hybridized carbons (Fsp3) is 0.545. The van der Waals surface area contributed by atoms with Crippen molar-refractivity contribution in [2.24, 2.45) is 7.05 Å². The number of hydrogen-bond acceptors (Lipinski definition) is 5. The fourth-order valence-electron chi connectivity index (χ4n) is 5.29. The molecular formula is C22H29N5O2. The van der Waals surface area contributed by atoms with Gasteiger partial charge in [0.05, 0.1) is 19.4 Å². The van der Waals surface area contributed by atoms with E-state index in [1.807, 2.05) is 24.0 Å². The van der Waals surface area contributed by atoms with Crippen molar-refractivity contribution in [1.82, 2.24) is 24.5 Å². The molecule has 0 radical (unpaired) electrons. The third-order valence-corrected chi connectivity index (χ3v) is 6.69. The number of carbonyl (C=O) groups is 1. The van der Waals surface area contributed by atoms with Gasteiger partial charge in [0.2, 0.25) is 5.91 Å². The van der Waals surface area contributed by atoms with Gasteiger partial charge in [-0.2, -0.15) is 5.10 Å². The largest absolute Gasteiger partial charge is 0.381 e. The first-order valence-corrected chi connectivity index (χ1v) is 10.6. The molecule has 154 valence electrons. The van der Waals surface area contributed by atoms with E-state index in [1.54, 1.807) is 0 Å².